The fourth-order valence-electron chi connectivity index (χ4n) is 2.44. The monoisotopic (exact) mass is 154 g/mol. The standard InChI is InChI=1S/C9H18N2/c1-10-4-2-8-6-9(8)3-5-11-7-9/h8,10-11H,2-7H2,1H3. The Kier molecular flexibility index (Phi) is 1.90. The van der Waals surface area contributed by atoms with Crippen LogP contribution in [0.5, 0.6) is 0 Å². The molecule has 2 aliphatic rings. The smallest absolute Gasteiger partial charge is 0.00111 e. The average Bonchev–Trinajstić information content (AvgIpc) is 2.41. The zero-order valence-electron chi connectivity index (χ0n) is 7.32. The molecular weight excluding hydrogens is 136 g/mol. The first-order valence-electron chi connectivity index (χ1n) is 4.73. The minimum absolute atomic E-state index is 0.761. The van der Waals surface area contributed by atoms with Crippen molar-refractivity contribution in [1.82, 2.24) is 10.6 Å². The SMILES string of the molecule is CNCCC1CC12CCNC2. The topological polar surface area (TPSA) is 24.1 Å². The molecule has 0 bridgehead atoms. The van der Waals surface area contributed by atoms with E-state index in [1.807, 2.05) is 7.05 Å². The van der Waals surface area contributed by atoms with Gasteiger partial charge in [0, 0.05) is 6.54 Å². The molecule has 2 atom stereocenters. The third-order valence-corrected chi connectivity index (χ3v) is 3.38. The molecule has 1 aliphatic heterocycles. The molecule has 2 rings (SSSR count). The van der Waals surface area contributed by atoms with Crippen LogP contribution in [0.15, 0.2) is 0 Å². The number of hydrogen-bond donors (Lipinski definition) is 2. The summed E-state index contributed by atoms with van der Waals surface area (Å²) < 4.78 is 0. The van der Waals surface area contributed by atoms with Gasteiger partial charge in [-0.2, -0.15) is 0 Å². The summed E-state index contributed by atoms with van der Waals surface area (Å²) in [6.07, 6.45) is 4.31. The lowest BCUT2D eigenvalue weighted by molar-refractivity contribution is 0.478. The van der Waals surface area contributed by atoms with Gasteiger partial charge in [-0.05, 0) is 50.7 Å². The first kappa shape index (κ1) is 7.56. The molecule has 0 amide bonds. The molecule has 2 unspecified atom stereocenters. The predicted molar refractivity (Wildman–Crippen MR) is 46.6 cm³/mol. The second kappa shape index (κ2) is 2.76. The maximum Gasteiger partial charge on any atom is 0.00111 e. The van der Waals surface area contributed by atoms with E-state index in [1.165, 1.54) is 38.9 Å². The summed E-state index contributed by atoms with van der Waals surface area (Å²) in [5.74, 6) is 1.03. The van der Waals surface area contributed by atoms with Crippen LogP contribution >= 0.6 is 0 Å². The van der Waals surface area contributed by atoms with Crippen molar-refractivity contribution in [1.29, 1.82) is 0 Å². The molecule has 2 nitrogen and oxygen atoms in total. The second-order valence-corrected chi connectivity index (χ2v) is 4.08. The summed E-state index contributed by atoms with van der Waals surface area (Å²) in [6, 6.07) is 0. The highest BCUT2D eigenvalue weighted by Gasteiger charge is 2.54. The zero-order valence-corrected chi connectivity index (χ0v) is 7.32. The van der Waals surface area contributed by atoms with Gasteiger partial charge in [-0.25, -0.2) is 0 Å². The Morgan fingerprint density at radius 1 is 1.64 bits per heavy atom. The molecule has 0 aromatic heterocycles. The molecule has 64 valence electrons. The molecule has 1 spiro atoms. The van der Waals surface area contributed by atoms with Crippen LogP contribution in [0.2, 0.25) is 0 Å². The molecule has 0 radical (unpaired) electrons. The number of rotatable bonds is 3. The lowest BCUT2D eigenvalue weighted by atomic mass is 10.0. The van der Waals surface area contributed by atoms with Crippen LogP contribution in [-0.4, -0.2) is 26.7 Å². The van der Waals surface area contributed by atoms with Gasteiger partial charge in [0.05, 0.1) is 0 Å². The van der Waals surface area contributed by atoms with Crippen LogP contribution in [-0.2, 0) is 0 Å². The highest BCUT2D eigenvalue weighted by atomic mass is 15.0. The summed E-state index contributed by atoms with van der Waals surface area (Å²) >= 11 is 0. The summed E-state index contributed by atoms with van der Waals surface area (Å²) in [7, 11) is 2.04. The van der Waals surface area contributed by atoms with E-state index in [0.29, 0.717) is 0 Å². The van der Waals surface area contributed by atoms with Crippen molar-refractivity contribution in [3.63, 3.8) is 0 Å². The molecule has 2 fully saturated rings. The van der Waals surface area contributed by atoms with Crippen molar-refractivity contribution >= 4 is 0 Å². The van der Waals surface area contributed by atoms with Gasteiger partial charge in [0.25, 0.3) is 0 Å². The lowest BCUT2D eigenvalue weighted by Crippen LogP contribution is -2.14. The van der Waals surface area contributed by atoms with Crippen molar-refractivity contribution in [2.24, 2.45) is 11.3 Å². The third-order valence-electron chi connectivity index (χ3n) is 3.38. The van der Waals surface area contributed by atoms with E-state index in [1.54, 1.807) is 0 Å². The maximum atomic E-state index is 3.46. The fraction of sp³-hybridized carbons (Fsp3) is 1.00. The molecule has 1 heterocycles. The normalized spacial score (nSPS) is 41.7. The minimum Gasteiger partial charge on any atom is -0.320 e. The zero-order chi connectivity index (χ0) is 7.73. The van der Waals surface area contributed by atoms with Gasteiger partial charge < -0.3 is 10.6 Å². The van der Waals surface area contributed by atoms with Crippen LogP contribution in [0.25, 0.3) is 0 Å². The highest BCUT2D eigenvalue weighted by Crippen LogP contribution is 2.57. The van der Waals surface area contributed by atoms with Gasteiger partial charge in [0.2, 0.25) is 0 Å². The lowest BCUT2D eigenvalue weighted by Gasteiger charge is -2.05. The molecule has 11 heavy (non-hydrogen) atoms. The van der Waals surface area contributed by atoms with Gasteiger partial charge in [0.15, 0.2) is 0 Å². The highest BCUT2D eigenvalue weighted by molar-refractivity contribution is 5.06. The minimum atomic E-state index is 0.761. The van der Waals surface area contributed by atoms with Crippen molar-refractivity contribution < 1.29 is 0 Å². The Hall–Kier alpha value is -0.0800. The van der Waals surface area contributed by atoms with Gasteiger partial charge in [0.1, 0.15) is 0 Å². The molecular formula is C9H18N2. The molecule has 0 aromatic rings. The first-order valence-corrected chi connectivity index (χ1v) is 4.73. The Morgan fingerprint density at radius 2 is 2.55 bits per heavy atom. The Bertz CT molecular complexity index is 138. The number of nitrogens with one attached hydrogen (secondary N) is 2. The van der Waals surface area contributed by atoms with Gasteiger partial charge in [-0.3, -0.25) is 0 Å². The Labute approximate surface area is 68.7 Å². The van der Waals surface area contributed by atoms with Gasteiger partial charge in [-0.15, -0.1) is 0 Å². The van der Waals surface area contributed by atoms with Crippen molar-refractivity contribution in [2.45, 2.75) is 19.3 Å². The number of hydrogen-bond acceptors (Lipinski definition) is 2. The average molecular weight is 154 g/mol. The largest absolute Gasteiger partial charge is 0.320 e. The summed E-state index contributed by atoms with van der Waals surface area (Å²) in [5, 5.41) is 6.69. The summed E-state index contributed by atoms with van der Waals surface area (Å²) in [4.78, 5) is 0. The van der Waals surface area contributed by atoms with Gasteiger partial charge >= 0.3 is 0 Å². The fourth-order valence-corrected chi connectivity index (χ4v) is 2.44. The molecule has 1 saturated carbocycles. The van der Waals surface area contributed by atoms with Crippen molar-refractivity contribution in [2.75, 3.05) is 26.7 Å². The third kappa shape index (κ3) is 1.30. The van der Waals surface area contributed by atoms with E-state index in [4.69, 9.17) is 0 Å². The molecule has 2 heteroatoms. The van der Waals surface area contributed by atoms with Gasteiger partial charge in [-0.1, -0.05) is 0 Å². The summed E-state index contributed by atoms with van der Waals surface area (Å²) in [6.45, 7) is 3.75. The Balaban J connectivity index is 1.75. The van der Waals surface area contributed by atoms with Crippen LogP contribution in [0.1, 0.15) is 19.3 Å². The van der Waals surface area contributed by atoms with Crippen LogP contribution in [0.4, 0.5) is 0 Å². The first-order chi connectivity index (χ1) is 5.37. The van der Waals surface area contributed by atoms with E-state index in [9.17, 15) is 0 Å². The van der Waals surface area contributed by atoms with E-state index in [2.05, 4.69) is 10.6 Å². The van der Waals surface area contributed by atoms with E-state index in [0.717, 1.165) is 11.3 Å². The van der Waals surface area contributed by atoms with Crippen LogP contribution in [0.3, 0.4) is 0 Å². The second-order valence-electron chi connectivity index (χ2n) is 4.08. The van der Waals surface area contributed by atoms with E-state index < -0.39 is 0 Å². The molecule has 1 aliphatic carbocycles. The van der Waals surface area contributed by atoms with Crippen LogP contribution in [0, 0.1) is 11.3 Å². The van der Waals surface area contributed by atoms with E-state index >= 15 is 0 Å². The Morgan fingerprint density at radius 3 is 3.18 bits per heavy atom. The molecule has 2 N–H and O–H groups in total. The molecule has 0 aromatic carbocycles. The maximum absolute atomic E-state index is 3.46. The van der Waals surface area contributed by atoms with Crippen molar-refractivity contribution in [3.8, 4) is 0 Å². The quantitative estimate of drug-likeness (QED) is 0.622. The van der Waals surface area contributed by atoms with Crippen LogP contribution < -0.4 is 10.6 Å². The van der Waals surface area contributed by atoms with Crippen molar-refractivity contribution in [3.05, 3.63) is 0 Å². The predicted octanol–water partition coefficient (Wildman–Crippen LogP) is 0.595. The van der Waals surface area contributed by atoms with E-state index in [-0.39, 0.29) is 0 Å². The molecule has 1 saturated heterocycles. The summed E-state index contributed by atoms with van der Waals surface area (Å²) in [5.41, 5.74) is 0.761.